The Labute approximate surface area is 91.9 Å². The van der Waals surface area contributed by atoms with E-state index in [1.807, 2.05) is 18.2 Å². The normalized spacial score (nSPS) is 12.5. The Morgan fingerprint density at radius 3 is 2.60 bits per heavy atom. The minimum Gasteiger partial charge on any atom is -0.496 e. The topological polar surface area (TPSA) is 29.5 Å². The Kier molecular flexibility index (Phi) is 5.19. The van der Waals surface area contributed by atoms with Crippen LogP contribution in [0.1, 0.15) is 37.7 Å². The maximum atomic E-state index is 9.05. The SMILES string of the molecule is CCCC(CCO)c1ccccc1OC. The van der Waals surface area contributed by atoms with Crippen LogP contribution in [0.4, 0.5) is 0 Å². The molecule has 2 heteroatoms. The van der Waals surface area contributed by atoms with E-state index in [-0.39, 0.29) is 6.61 Å². The van der Waals surface area contributed by atoms with Crippen molar-refractivity contribution in [3.8, 4) is 5.75 Å². The van der Waals surface area contributed by atoms with Gasteiger partial charge in [-0.2, -0.15) is 0 Å². The first kappa shape index (κ1) is 12.1. The molecule has 84 valence electrons. The Balaban J connectivity index is 2.88. The fraction of sp³-hybridized carbons (Fsp3) is 0.538. The first-order valence-corrected chi connectivity index (χ1v) is 5.57. The highest BCUT2D eigenvalue weighted by Crippen LogP contribution is 2.31. The van der Waals surface area contributed by atoms with Gasteiger partial charge in [0.05, 0.1) is 7.11 Å². The molecule has 0 aliphatic heterocycles. The lowest BCUT2D eigenvalue weighted by Crippen LogP contribution is -2.03. The summed E-state index contributed by atoms with van der Waals surface area (Å²) >= 11 is 0. The van der Waals surface area contributed by atoms with E-state index in [1.165, 1.54) is 5.56 Å². The molecule has 0 saturated heterocycles. The number of aliphatic hydroxyl groups is 1. The minimum atomic E-state index is 0.239. The third-order valence-corrected chi connectivity index (χ3v) is 2.69. The van der Waals surface area contributed by atoms with E-state index >= 15 is 0 Å². The van der Waals surface area contributed by atoms with E-state index in [0.29, 0.717) is 5.92 Å². The predicted molar refractivity (Wildman–Crippen MR) is 62.3 cm³/mol. The molecule has 0 amide bonds. The highest BCUT2D eigenvalue weighted by atomic mass is 16.5. The van der Waals surface area contributed by atoms with Crippen LogP contribution in [0.25, 0.3) is 0 Å². The summed E-state index contributed by atoms with van der Waals surface area (Å²) in [5.41, 5.74) is 1.22. The molecule has 1 aromatic carbocycles. The molecule has 2 nitrogen and oxygen atoms in total. The van der Waals surface area contributed by atoms with Crippen molar-refractivity contribution in [1.82, 2.24) is 0 Å². The van der Waals surface area contributed by atoms with E-state index in [9.17, 15) is 0 Å². The number of rotatable bonds is 6. The lowest BCUT2D eigenvalue weighted by molar-refractivity contribution is 0.270. The fourth-order valence-electron chi connectivity index (χ4n) is 1.96. The summed E-state index contributed by atoms with van der Waals surface area (Å²) in [5, 5.41) is 9.05. The van der Waals surface area contributed by atoms with Crippen molar-refractivity contribution in [2.75, 3.05) is 13.7 Å². The second kappa shape index (κ2) is 6.46. The third kappa shape index (κ3) is 3.24. The lowest BCUT2D eigenvalue weighted by atomic mass is 9.91. The maximum absolute atomic E-state index is 9.05. The van der Waals surface area contributed by atoms with Crippen LogP contribution >= 0.6 is 0 Å². The van der Waals surface area contributed by atoms with E-state index in [4.69, 9.17) is 9.84 Å². The number of hydrogen-bond donors (Lipinski definition) is 1. The van der Waals surface area contributed by atoms with Crippen LogP contribution in [0.5, 0.6) is 5.75 Å². The van der Waals surface area contributed by atoms with Crippen LogP contribution in [-0.2, 0) is 0 Å². The van der Waals surface area contributed by atoms with Crippen molar-refractivity contribution in [2.24, 2.45) is 0 Å². The van der Waals surface area contributed by atoms with Gasteiger partial charge in [0.15, 0.2) is 0 Å². The molecule has 1 aromatic rings. The Morgan fingerprint density at radius 2 is 2.00 bits per heavy atom. The van der Waals surface area contributed by atoms with Crippen molar-refractivity contribution in [1.29, 1.82) is 0 Å². The monoisotopic (exact) mass is 208 g/mol. The molecule has 0 aliphatic carbocycles. The number of hydrogen-bond acceptors (Lipinski definition) is 2. The number of methoxy groups -OCH3 is 1. The third-order valence-electron chi connectivity index (χ3n) is 2.69. The Hall–Kier alpha value is -1.02. The van der Waals surface area contributed by atoms with Gasteiger partial charge in [-0.25, -0.2) is 0 Å². The number of ether oxygens (including phenoxy) is 1. The summed E-state index contributed by atoms with van der Waals surface area (Å²) in [4.78, 5) is 0. The smallest absolute Gasteiger partial charge is 0.122 e. The van der Waals surface area contributed by atoms with E-state index in [2.05, 4.69) is 13.0 Å². The quantitative estimate of drug-likeness (QED) is 0.778. The van der Waals surface area contributed by atoms with Crippen molar-refractivity contribution in [3.05, 3.63) is 29.8 Å². The van der Waals surface area contributed by atoms with Gasteiger partial charge in [0.2, 0.25) is 0 Å². The summed E-state index contributed by atoms with van der Waals surface area (Å²) in [6.45, 7) is 2.41. The van der Waals surface area contributed by atoms with Crippen molar-refractivity contribution in [2.45, 2.75) is 32.1 Å². The lowest BCUT2D eigenvalue weighted by Gasteiger charge is -2.18. The van der Waals surface area contributed by atoms with Crippen LogP contribution in [0, 0.1) is 0 Å². The fourth-order valence-corrected chi connectivity index (χ4v) is 1.96. The molecular formula is C13H20O2. The molecule has 1 N–H and O–H groups in total. The van der Waals surface area contributed by atoms with Gasteiger partial charge in [-0.1, -0.05) is 31.5 Å². The molecule has 15 heavy (non-hydrogen) atoms. The van der Waals surface area contributed by atoms with Gasteiger partial charge >= 0.3 is 0 Å². The first-order valence-electron chi connectivity index (χ1n) is 5.57. The van der Waals surface area contributed by atoms with Gasteiger partial charge < -0.3 is 9.84 Å². The summed E-state index contributed by atoms with van der Waals surface area (Å²) in [5.74, 6) is 1.35. The van der Waals surface area contributed by atoms with Crippen molar-refractivity contribution < 1.29 is 9.84 Å². The second-order valence-electron chi connectivity index (χ2n) is 3.74. The molecule has 0 aromatic heterocycles. The first-order chi connectivity index (χ1) is 7.33. The average molecular weight is 208 g/mol. The number of aliphatic hydroxyl groups excluding tert-OH is 1. The summed E-state index contributed by atoms with van der Waals surface area (Å²) in [7, 11) is 1.70. The molecule has 1 rings (SSSR count). The molecule has 0 saturated carbocycles. The van der Waals surface area contributed by atoms with Gasteiger partial charge in [0.25, 0.3) is 0 Å². The zero-order chi connectivity index (χ0) is 11.1. The standard InChI is InChI=1S/C13H20O2/c1-3-6-11(9-10-14)12-7-4-5-8-13(12)15-2/h4-5,7-8,11,14H,3,6,9-10H2,1-2H3. The van der Waals surface area contributed by atoms with Gasteiger partial charge in [-0.15, -0.1) is 0 Å². The molecule has 0 aliphatic rings. The summed E-state index contributed by atoms with van der Waals surface area (Å²) in [6, 6.07) is 8.08. The average Bonchev–Trinajstić information content (AvgIpc) is 2.29. The van der Waals surface area contributed by atoms with Gasteiger partial charge in [-0.3, -0.25) is 0 Å². The number of benzene rings is 1. The molecule has 0 bridgehead atoms. The van der Waals surface area contributed by atoms with Crippen LogP contribution in [0.3, 0.4) is 0 Å². The largest absolute Gasteiger partial charge is 0.496 e. The van der Waals surface area contributed by atoms with Crippen molar-refractivity contribution in [3.63, 3.8) is 0 Å². The van der Waals surface area contributed by atoms with Crippen LogP contribution < -0.4 is 4.74 Å². The summed E-state index contributed by atoms with van der Waals surface area (Å²) in [6.07, 6.45) is 3.04. The number of para-hydroxylation sites is 1. The molecule has 0 fully saturated rings. The molecule has 0 radical (unpaired) electrons. The van der Waals surface area contributed by atoms with Gasteiger partial charge in [0, 0.05) is 6.61 Å². The highest BCUT2D eigenvalue weighted by molar-refractivity contribution is 5.36. The summed E-state index contributed by atoms with van der Waals surface area (Å²) < 4.78 is 5.34. The van der Waals surface area contributed by atoms with Crippen molar-refractivity contribution >= 4 is 0 Å². The van der Waals surface area contributed by atoms with Gasteiger partial charge in [0.1, 0.15) is 5.75 Å². The highest BCUT2D eigenvalue weighted by Gasteiger charge is 2.13. The van der Waals surface area contributed by atoms with Crippen LogP contribution in [0.15, 0.2) is 24.3 Å². The predicted octanol–water partition coefficient (Wildman–Crippen LogP) is 2.96. The van der Waals surface area contributed by atoms with Crippen LogP contribution in [0.2, 0.25) is 0 Å². The van der Waals surface area contributed by atoms with E-state index in [1.54, 1.807) is 7.11 Å². The zero-order valence-corrected chi connectivity index (χ0v) is 9.57. The zero-order valence-electron chi connectivity index (χ0n) is 9.57. The minimum absolute atomic E-state index is 0.239. The molecule has 0 heterocycles. The molecule has 0 spiro atoms. The van der Waals surface area contributed by atoms with Crippen LogP contribution in [-0.4, -0.2) is 18.8 Å². The van der Waals surface area contributed by atoms with E-state index < -0.39 is 0 Å². The second-order valence-corrected chi connectivity index (χ2v) is 3.74. The molecule has 1 unspecified atom stereocenters. The Bertz CT molecular complexity index is 278. The Morgan fingerprint density at radius 1 is 1.27 bits per heavy atom. The maximum Gasteiger partial charge on any atom is 0.122 e. The van der Waals surface area contributed by atoms with E-state index in [0.717, 1.165) is 25.0 Å². The molecule has 1 atom stereocenters. The van der Waals surface area contributed by atoms with Gasteiger partial charge in [-0.05, 0) is 30.4 Å². The molecular weight excluding hydrogens is 188 g/mol.